The van der Waals surface area contributed by atoms with Gasteiger partial charge in [0.15, 0.2) is 19.0 Å². The third-order valence-electron chi connectivity index (χ3n) is 2.97. The van der Waals surface area contributed by atoms with Gasteiger partial charge in [0.05, 0.1) is 10.6 Å². The molecular formula is C16H12ClFN2O6. The Balaban J connectivity index is 1.82. The average molecular weight is 383 g/mol. The van der Waals surface area contributed by atoms with Gasteiger partial charge >= 0.3 is 11.7 Å². The van der Waals surface area contributed by atoms with Crippen molar-refractivity contribution in [1.29, 1.82) is 0 Å². The molecule has 0 heterocycles. The molecule has 0 saturated carbocycles. The predicted octanol–water partition coefficient (Wildman–Crippen LogP) is 2.95. The minimum atomic E-state index is -0.926. The Bertz CT molecular complexity index is 845. The first kappa shape index (κ1) is 19.1. The second kappa shape index (κ2) is 8.77. The fourth-order valence-electron chi connectivity index (χ4n) is 1.83. The molecule has 136 valence electrons. The molecule has 0 radical (unpaired) electrons. The molecule has 0 unspecified atom stereocenters. The van der Waals surface area contributed by atoms with Crippen molar-refractivity contribution in [3.05, 3.63) is 63.4 Å². The molecule has 0 aliphatic rings. The molecule has 2 rings (SSSR count). The summed E-state index contributed by atoms with van der Waals surface area (Å²) in [5, 5.41) is 13.2. The van der Waals surface area contributed by atoms with Crippen molar-refractivity contribution < 1.29 is 28.4 Å². The van der Waals surface area contributed by atoms with E-state index in [1.54, 1.807) is 0 Å². The number of rotatable bonds is 7. The number of nitrogens with one attached hydrogen (secondary N) is 1. The van der Waals surface area contributed by atoms with Crippen LogP contribution < -0.4 is 10.1 Å². The van der Waals surface area contributed by atoms with E-state index in [2.05, 4.69) is 10.1 Å². The van der Waals surface area contributed by atoms with Crippen molar-refractivity contribution in [2.75, 3.05) is 18.5 Å². The summed E-state index contributed by atoms with van der Waals surface area (Å²) >= 11 is 5.69. The molecule has 1 N–H and O–H groups in total. The molecule has 0 fully saturated rings. The van der Waals surface area contributed by atoms with Crippen molar-refractivity contribution in [3.63, 3.8) is 0 Å². The van der Waals surface area contributed by atoms with Crippen molar-refractivity contribution in [2.24, 2.45) is 0 Å². The van der Waals surface area contributed by atoms with Gasteiger partial charge in [0.1, 0.15) is 5.82 Å². The molecule has 2 aromatic carbocycles. The van der Waals surface area contributed by atoms with E-state index >= 15 is 0 Å². The van der Waals surface area contributed by atoms with E-state index in [1.165, 1.54) is 36.4 Å². The normalized spacial score (nSPS) is 10.1. The molecule has 2 aromatic rings. The molecule has 0 atom stereocenters. The first-order valence-electron chi connectivity index (χ1n) is 7.13. The number of carbonyl (C=O) groups is 2. The maximum atomic E-state index is 13.5. The lowest BCUT2D eigenvalue weighted by Crippen LogP contribution is -2.24. The van der Waals surface area contributed by atoms with Crippen LogP contribution in [0.3, 0.4) is 0 Å². The summed E-state index contributed by atoms with van der Waals surface area (Å²) in [6.07, 6.45) is 0. The van der Waals surface area contributed by atoms with Gasteiger partial charge in [0.25, 0.3) is 5.91 Å². The number of carbonyl (C=O) groups excluding carboxylic acids is 2. The number of ether oxygens (including phenoxy) is 2. The van der Waals surface area contributed by atoms with Crippen LogP contribution in [0, 0.1) is 15.9 Å². The molecule has 0 spiro atoms. The number of nitrogens with zero attached hydrogens (tertiary/aromatic N) is 1. The Hall–Kier alpha value is -3.20. The van der Waals surface area contributed by atoms with Crippen LogP contribution in [0.2, 0.25) is 5.02 Å². The summed E-state index contributed by atoms with van der Waals surface area (Å²) in [6, 6.07) is 9.07. The van der Waals surface area contributed by atoms with Gasteiger partial charge in [-0.05, 0) is 24.3 Å². The summed E-state index contributed by atoms with van der Waals surface area (Å²) < 4.78 is 23.2. The minimum Gasteiger partial charge on any atom is -0.475 e. The van der Waals surface area contributed by atoms with Gasteiger partial charge in [0.2, 0.25) is 0 Å². The maximum Gasteiger partial charge on any atom is 0.344 e. The Morgan fingerprint density at radius 1 is 1.19 bits per heavy atom. The quantitative estimate of drug-likeness (QED) is 0.448. The van der Waals surface area contributed by atoms with Crippen LogP contribution in [0.5, 0.6) is 5.75 Å². The standard InChI is InChI=1S/C16H12ClFN2O6/c17-10-5-6-11(18)12(7-10)19-15(21)8-26-16(22)9-25-14-4-2-1-3-13(14)20(23)24/h1-7H,8-9H2,(H,19,21). The minimum absolute atomic E-state index is 0.111. The van der Waals surface area contributed by atoms with Gasteiger partial charge in [-0.2, -0.15) is 0 Å². The molecule has 0 saturated heterocycles. The van der Waals surface area contributed by atoms with Crippen molar-refractivity contribution in [1.82, 2.24) is 0 Å². The summed E-state index contributed by atoms with van der Waals surface area (Å²) in [5.74, 6) is -2.52. The van der Waals surface area contributed by atoms with E-state index < -0.39 is 35.8 Å². The van der Waals surface area contributed by atoms with Crippen molar-refractivity contribution >= 4 is 34.9 Å². The van der Waals surface area contributed by atoms with E-state index in [0.717, 1.165) is 6.07 Å². The summed E-state index contributed by atoms with van der Waals surface area (Å²) in [6.45, 7) is -1.32. The molecule has 1 amide bonds. The number of anilines is 1. The first-order valence-corrected chi connectivity index (χ1v) is 7.51. The lowest BCUT2D eigenvalue weighted by molar-refractivity contribution is -0.385. The van der Waals surface area contributed by atoms with Gasteiger partial charge < -0.3 is 14.8 Å². The highest BCUT2D eigenvalue weighted by atomic mass is 35.5. The summed E-state index contributed by atoms with van der Waals surface area (Å²) in [5.41, 5.74) is -0.468. The number of hydrogen-bond donors (Lipinski definition) is 1. The Morgan fingerprint density at radius 2 is 1.92 bits per heavy atom. The number of esters is 1. The lowest BCUT2D eigenvalue weighted by Gasteiger charge is -2.09. The number of nitro benzene ring substituents is 1. The molecular weight excluding hydrogens is 371 g/mol. The third-order valence-corrected chi connectivity index (χ3v) is 3.21. The second-order valence-electron chi connectivity index (χ2n) is 4.85. The molecule has 0 aromatic heterocycles. The van der Waals surface area contributed by atoms with E-state index in [1.807, 2.05) is 0 Å². The number of benzene rings is 2. The van der Waals surface area contributed by atoms with Crippen LogP contribution in [-0.2, 0) is 14.3 Å². The zero-order valence-corrected chi connectivity index (χ0v) is 13.9. The van der Waals surface area contributed by atoms with Crippen molar-refractivity contribution in [3.8, 4) is 5.75 Å². The number of para-hydroxylation sites is 2. The average Bonchev–Trinajstić information content (AvgIpc) is 2.61. The molecule has 0 aliphatic heterocycles. The monoisotopic (exact) mass is 382 g/mol. The molecule has 0 aliphatic carbocycles. The van der Waals surface area contributed by atoms with Crippen LogP contribution in [0.25, 0.3) is 0 Å². The SMILES string of the molecule is O=C(COC(=O)COc1ccccc1[N+](=O)[O-])Nc1cc(Cl)ccc1F. The zero-order valence-electron chi connectivity index (χ0n) is 13.1. The van der Waals surface area contributed by atoms with Gasteiger partial charge in [-0.25, -0.2) is 9.18 Å². The number of halogens is 2. The van der Waals surface area contributed by atoms with E-state index in [9.17, 15) is 24.1 Å². The first-order chi connectivity index (χ1) is 12.4. The lowest BCUT2D eigenvalue weighted by atomic mass is 10.3. The smallest absolute Gasteiger partial charge is 0.344 e. The molecule has 8 nitrogen and oxygen atoms in total. The number of nitro groups is 1. The fourth-order valence-corrected chi connectivity index (χ4v) is 2.01. The van der Waals surface area contributed by atoms with E-state index in [0.29, 0.717) is 0 Å². The van der Waals surface area contributed by atoms with Crippen LogP contribution in [0.15, 0.2) is 42.5 Å². The third kappa shape index (κ3) is 5.42. The highest BCUT2D eigenvalue weighted by Gasteiger charge is 2.16. The van der Waals surface area contributed by atoms with Crippen LogP contribution >= 0.6 is 11.6 Å². The second-order valence-corrected chi connectivity index (χ2v) is 5.28. The number of hydrogen-bond acceptors (Lipinski definition) is 6. The van der Waals surface area contributed by atoms with E-state index in [-0.39, 0.29) is 22.1 Å². The predicted molar refractivity (Wildman–Crippen MR) is 89.6 cm³/mol. The number of amides is 1. The largest absolute Gasteiger partial charge is 0.475 e. The van der Waals surface area contributed by atoms with Crippen molar-refractivity contribution in [2.45, 2.75) is 0 Å². The summed E-state index contributed by atoms with van der Waals surface area (Å²) in [7, 11) is 0. The highest BCUT2D eigenvalue weighted by Crippen LogP contribution is 2.25. The summed E-state index contributed by atoms with van der Waals surface area (Å²) in [4.78, 5) is 33.4. The van der Waals surface area contributed by atoms with Gasteiger partial charge in [-0.3, -0.25) is 14.9 Å². The molecule has 26 heavy (non-hydrogen) atoms. The van der Waals surface area contributed by atoms with Gasteiger partial charge in [0, 0.05) is 11.1 Å². The van der Waals surface area contributed by atoms with E-state index in [4.69, 9.17) is 16.3 Å². The van der Waals surface area contributed by atoms with Crippen LogP contribution in [-0.4, -0.2) is 30.0 Å². The van der Waals surface area contributed by atoms with Crippen LogP contribution in [0.1, 0.15) is 0 Å². The maximum absolute atomic E-state index is 13.5. The highest BCUT2D eigenvalue weighted by molar-refractivity contribution is 6.30. The fraction of sp³-hybridized carbons (Fsp3) is 0.125. The van der Waals surface area contributed by atoms with Crippen LogP contribution in [0.4, 0.5) is 15.8 Å². The Kier molecular flexibility index (Phi) is 6.45. The topological polar surface area (TPSA) is 108 Å². The molecule has 0 bridgehead atoms. The Morgan fingerprint density at radius 3 is 2.65 bits per heavy atom. The van der Waals surface area contributed by atoms with Gasteiger partial charge in [-0.1, -0.05) is 23.7 Å². The molecule has 10 heteroatoms. The van der Waals surface area contributed by atoms with Gasteiger partial charge in [-0.15, -0.1) is 0 Å². The zero-order chi connectivity index (χ0) is 19.1. The Labute approximate surface area is 151 Å².